The Bertz CT molecular complexity index is 671. The van der Waals surface area contributed by atoms with E-state index in [0.717, 1.165) is 24.1 Å². The van der Waals surface area contributed by atoms with Crippen LogP contribution in [-0.2, 0) is 0 Å². The summed E-state index contributed by atoms with van der Waals surface area (Å²) < 4.78 is 1.61. The molecule has 5 heteroatoms. The molecule has 0 saturated heterocycles. The summed E-state index contributed by atoms with van der Waals surface area (Å²) >= 11 is 0. The van der Waals surface area contributed by atoms with Gasteiger partial charge in [0.25, 0.3) is 5.91 Å². The van der Waals surface area contributed by atoms with Crippen LogP contribution in [0.2, 0.25) is 0 Å². The second-order valence-corrected chi connectivity index (χ2v) is 6.00. The summed E-state index contributed by atoms with van der Waals surface area (Å²) in [5.74, 6) is 0.266. The number of rotatable bonds is 3. The highest BCUT2D eigenvalue weighted by atomic mass is 16.1. The van der Waals surface area contributed by atoms with Crippen molar-refractivity contribution >= 4 is 11.7 Å². The normalized spacial score (nSPS) is 15.7. The number of amides is 1. The number of hydrogen-bond donors (Lipinski definition) is 2. The van der Waals surface area contributed by atoms with E-state index < -0.39 is 0 Å². The van der Waals surface area contributed by atoms with E-state index in [4.69, 9.17) is 5.73 Å². The van der Waals surface area contributed by atoms with Gasteiger partial charge in [-0.25, -0.2) is 4.68 Å². The number of nitrogens with two attached hydrogens (primary N) is 1. The van der Waals surface area contributed by atoms with Gasteiger partial charge in [-0.1, -0.05) is 31.4 Å². The van der Waals surface area contributed by atoms with Gasteiger partial charge in [0.05, 0.1) is 11.9 Å². The zero-order valence-electron chi connectivity index (χ0n) is 12.9. The number of anilines is 1. The van der Waals surface area contributed by atoms with E-state index in [-0.39, 0.29) is 11.9 Å². The smallest absolute Gasteiger partial charge is 0.256 e. The summed E-state index contributed by atoms with van der Waals surface area (Å²) in [6.07, 6.45) is 7.29. The number of aryl methyl sites for hydroxylation is 1. The summed E-state index contributed by atoms with van der Waals surface area (Å²) in [6.45, 7) is 2.01. The maximum atomic E-state index is 12.4. The molecule has 0 aliphatic heterocycles. The molecule has 22 heavy (non-hydrogen) atoms. The fourth-order valence-corrected chi connectivity index (χ4v) is 3.01. The largest absolute Gasteiger partial charge is 0.383 e. The first-order chi connectivity index (χ1) is 10.6. The Balaban J connectivity index is 1.79. The van der Waals surface area contributed by atoms with Gasteiger partial charge in [-0.15, -0.1) is 0 Å². The molecule has 0 atom stereocenters. The van der Waals surface area contributed by atoms with Gasteiger partial charge in [0.1, 0.15) is 11.4 Å². The molecule has 0 spiro atoms. The van der Waals surface area contributed by atoms with Gasteiger partial charge in [-0.2, -0.15) is 5.10 Å². The van der Waals surface area contributed by atoms with E-state index >= 15 is 0 Å². The standard InChI is InChI=1S/C17H22N4O/c1-12-6-5-9-14(10-12)21-16(18)15(11-19-21)17(22)20-13-7-3-2-4-8-13/h5-6,9-11,13H,2-4,7-8,18H2,1H3,(H,20,22). The number of nitrogen functional groups attached to an aromatic ring is 1. The highest BCUT2D eigenvalue weighted by Crippen LogP contribution is 2.20. The lowest BCUT2D eigenvalue weighted by atomic mass is 9.95. The molecule has 2 aromatic rings. The molecule has 1 aliphatic rings. The van der Waals surface area contributed by atoms with Crippen LogP contribution in [0.5, 0.6) is 0 Å². The number of carbonyl (C=O) groups excluding carboxylic acids is 1. The van der Waals surface area contributed by atoms with Crippen LogP contribution in [-0.4, -0.2) is 21.7 Å². The molecule has 1 saturated carbocycles. The lowest BCUT2D eigenvalue weighted by molar-refractivity contribution is 0.0928. The third kappa shape index (κ3) is 2.98. The fourth-order valence-electron chi connectivity index (χ4n) is 3.01. The van der Waals surface area contributed by atoms with Gasteiger partial charge >= 0.3 is 0 Å². The Labute approximate surface area is 130 Å². The van der Waals surface area contributed by atoms with E-state index in [1.165, 1.54) is 19.3 Å². The first kappa shape index (κ1) is 14.6. The quantitative estimate of drug-likeness (QED) is 0.915. The van der Waals surface area contributed by atoms with E-state index in [1.54, 1.807) is 10.9 Å². The minimum atomic E-state index is -0.122. The molecule has 116 valence electrons. The number of nitrogens with one attached hydrogen (secondary N) is 1. The SMILES string of the molecule is Cc1cccc(-n2ncc(C(=O)NC3CCCCC3)c2N)c1. The average Bonchev–Trinajstić information content (AvgIpc) is 2.90. The summed E-state index contributed by atoms with van der Waals surface area (Å²) in [5.41, 5.74) is 8.58. The molecule has 3 N–H and O–H groups in total. The maximum Gasteiger partial charge on any atom is 0.256 e. The van der Waals surface area contributed by atoms with Gasteiger partial charge < -0.3 is 11.1 Å². The number of hydrogen-bond acceptors (Lipinski definition) is 3. The monoisotopic (exact) mass is 298 g/mol. The maximum absolute atomic E-state index is 12.4. The lowest BCUT2D eigenvalue weighted by Gasteiger charge is -2.22. The second-order valence-electron chi connectivity index (χ2n) is 6.00. The molecule has 0 bridgehead atoms. The van der Waals surface area contributed by atoms with Gasteiger partial charge in [0, 0.05) is 6.04 Å². The van der Waals surface area contributed by atoms with Crippen LogP contribution in [0.3, 0.4) is 0 Å². The van der Waals surface area contributed by atoms with Crippen molar-refractivity contribution in [2.45, 2.75) is 45.1 Å². The van der Waals surface area contributed by atoms with Crippen molar-refractivity contribution < 1.29 is 4.79 Å². The van der Waals surface area contributed by atoms with Crippen molar-refractivity contribution in [3.05, 3.63) is 41.6 Å². The molecule has 1 amide bonds. The highest BCUT2D eigenvalue weighted by molar-refractivity contribution is 5.98. The summed E-state index contributed by atoms with van der Waals surface area (Å²) in [4.78, 5) is 12.4. The molecule has 0 unspecified atom stereocenters. The molecule has 1 aliphatic carbocycles. The van der Waals surface area contributed by atoms with Crippen LogP contribution in [0.25, 0.3) is 5.69 Å². The number of carbonyl (C=O) groups is 1. The molecule has 1 aromatic carbocycles. The minimum Gasteiger partial charge on any atom is -0.383 e. The Morgan fingerprint density at radius 1 is 1.32 bits per heavy atom. The number of aromatic nitrogens is 2. The molecular weight excluding hydrogens is 276 g/mol. The highest BCUT2D eigenvalue weighted by Gasteiger charge is 2.20. The van der Waals surface area contributed by atoms with E-state index in [2.05, 4.69) is 10.4 Å². The Hall–Kier alpha value is -2.30. The van der Waals surface area contributed by atoms with Crippen molar-refractivity contribution in [3.8, 4) is 5.69 Å². The Kier molecular flexibility index (Phi) is 4.13. The van der Waals surface area contributed by atoms with Crippen LogP contribution in [0.15, 0.2) is 30.5 Å². The van der Waals surface area contributed by atoms with E-state index in [1.807, 2.05) is 31.2 Å². The molecule has 1 heterocycles. The zero-order chi connectivity index (χ0) is 15.5. The predicted octanol–water partition coefficient (Wildman–Crippen LogP) is 2.83. The summed E-state index contributed by atoms with van der Waals surface area (Å²) in [5, 5.41) is 7.35. The molecule has 0 radical (unpaired) electrons. The number of nitrogens with zero attached hydrogens (tertiary/aromatic N) is 2. The number of benzene rings is 1. The molecule has 1 aromatic heterocycles. The third-order valence-electron chi connectivity index (χ3n) is 4.24. The lowest BCUT2D eigenvalue weighted by Crippen LogP contribution is -2.36. The van der Waals surface area contributed by atoms with Gasteiger partial charge in [0.15, 0.2) is 0 Å². The van der Waals surface area contributed by atoms with Crippen LogP contribution in [0, 0.1) is 6.92 Å². The van der Waals surface area contributed by atoms with Crippen LogP contribution in [0.1, 0.15) is 48.0 Å². The summed E-state index contributed by atoms with van der Waals surface area (Å²) in [6, 6.07) is 8.15. The van der Waals surface area contributed by atoms with Gasteiger partial charge in [-0.3, -0.25) is 4.79 Å². The fraction of sp³-hybridized carbons (Fsp3) is 0.412. The molecule has 5 nitrogen and oxygen atoms in total. The molecule has 3 rings (SSSR count). The van der Waals surface area contributed by atoms with Crippen LogP contribution in [0.4, 0.5) is 5.82 Å². The topological polar surface area (TPSA) is 72.9 Å². The minimum absolute atomic E-state index is 0.122. The second kappa shape index (κ2) is 6.22. The van der Waals surface area contributed by atoms with Crippen molar-refractivity contribution in [1.29, 1.82) is 0 Å². The molecule has 1 fully saturated rings. The van der Waals surface area contributed by atoms with E-state index in [9.17, 15) is 4.79 Å². The van der Waals surface area contributed by atoms with Crippen LogP contribution < -0.4 is 11.1 Å². The average molecular weight is 298 g/mol. The first-order valence-electron chi connectivity index (χ1n) is 7.86. The van der Waals surface area contributed by atoms with Crippen molar-refractivity contribution in [1.82, 2.24) is 15.1 Å². The predicted molar refractivity (Wildman–Crippen MR) is 87.1 cm³/mol. The summed E-state index contributed by atoms with van der Waals surface area (Å²) in [7, 11) is 0. The Morgan fingerprint density at radius 3 is 2.82 bits per heavy atom. The Morgan fingerprint density at radius 2 is 2.09 bits per heavy atom. The van der Waals surface area contributed by atoms with Crippen LogP contribution >= 0.6 is 0 Å². The van der Waals surface area contributed by atoms with Gasteiger partial charge in [0.2, 0.25) is 0 Å². The van der Waals surface area contributed by atoms with Gasteiger partial charge in [-0.05, 0) is 37.5 Å². The molecular formula is C17H22N4O. The van der Waals surface area contributed by atoms with Crippen molar-refractivity contribution in [3.63, 3.8) is 0 Å². The first-order valence-corrected chi connectivity index (χ1v) is 7.86. The zero-order valence-corrected chi connectivity index (χ0v) is 12.9. The van der Waals surface area contributed by atoms with Crippen molar-refractivity contribution in [2.75, 3.05) is 5.73 Å². The van der Waals surface area contributed by atoms with E-state index in [0.29, 0.717) is 11.4 Å². The van der Waals surface area contributed by atoms with Crippen molar-refractivity contribution in [2.24, 2.45) is 0 Å². The third-order valence-corrected chi connectivity index (χ3v) is 4.24.